The average molecular weight is 251 g/mol. The van der Waals surface area contributed by atoms with Gasteiger partial charge in [0.2, 0.25) is 5.16 Å². The van der Waals surface area contributed by atoms with E-state index in [1.165, 1.54) is 22.5 Å². The lowest BCUT2D eigenvalue weighted by molar-refractivity contribution is -0.387. The molecule has 17 heavy (non-hydrogen) atoms. The van der Waals surface area contributed by atoms with Crippen LogP contribution in [-0.2, 0) is 7.05 Å². The third-order valence-electron chi connectivity index (χ3n) is 2.09. The van der Waals surface area contributed by atoms with Crippen LogP contribution in [0.5, 0.6) is 0 Å². The predicted molar refractivity (Wildman–Crippen MR) is 60.8 cm³/mol. The Morgan fingerprint density at radius 3 is 2.82 bits per heavy atom. The van der Waals surface area contributed by atoms with Crippen molar-refractivity contribution in [2.24, 2.45) is 7.05 Å². The van der Waals surface area contributed by atoms with E-state index in [0.29, 0.717) is 10.1 Å². The Morgan fingerprint density at radius 1 is 1.47 bits per heavy atom. The van der Waals surface area contributed by atoms with Crippen molar-refractivity contribution < 1.29 is 4.92 Å². The summed E-state index contributed by atoms with van der Waals surface area (Å²) in [7, 11) is 1.68. The second-order valence-electron chi connectivity index (χ2n) is 3.42. The van der Waals surface area contributed by atoms with Crippen LogP contribution in [0.3, 0.4) is 0 Å². The van der Waals surface area contributed by atoms with Crippen LogP contribution in [0.15, 0.2) is 28.3 Å². The molecule has 0 fully saturated rings. The summed E-state index contributed by atoms with van der Waals surface area (Å²) in [5.41, 5.74) is 0.912. The molecule has 2 aromatic rings. The topological polar surface area (TPSA) is 86.7 Å². The molecule has 0 amide bonds. The minimum atomic E-state index is -0.404. The van der Waals surface area contributed by atoms with E-state index < -0.39 is 4.92 Å². The van der Waals surface area contributed by atoms with E-state index in [-0.39, 0.29) is 5.69 Å². The van der Waals surface area contributed by atoms with E-state index in [9.17, 15) is 10.1 Å². The number of benzene rings is 1. The number of rotatable bonds is 3. The molecule has 8 heteroatoms. The van der Waals surface area contributed by atoms with Crippen LogP contribution in [0.2, 0.25) is 0 Å². The van der Waals surface area contributed by atoms with E-state index >= 15 is 0 Å². The highest BCUT2D eigenvalue weighted by Gasteiger charge is 2.17. The lowest BCUT2D eigenvalue weighted by Crippen LogP contribution is -1.95. The zero-order valence-corrected chi connectivity index (χ0v) is 10.0. The molecule has 0 aliphatic heterocycles. The second-order valence-corrected chi connectivity index (χ2v) is 4.42. The maximum Gasteiger partial charge on any atom is 0.283 e. The van der Waals surface area contributed by atoms with Gasteiger partial charge in [0.05, 0.1) is 9.82 Å². The first-order valence-electron chi connectivity index (χ1n) is 4.73. The van der Waals surface area contributed by atoms with Crippen LogP contribution in [0.25, 0.3) is 0 Å². The number of aryl methyl sites for hydroxylation is 2. The molecule has 88 valence electrons. The highest BCUT2D eigenvalue weighted by molar-refractivity contribution is 7.99. The van der Waals surface area contributed by atoms with Gasteiger partial charge in [-0.2, -0.15) is 0 Å². The zero-order chi connectivity index (χ0) is 12.4. The Kier molecular flexibility index (Phi) is 3.05. The van der Waals surface area contributed by atoms with Gasteiger partial charge in [0, 0.05) is 13.1 Å². The maximum absolute atomic E-state index is 10.9. The third kappa shape index (κ3) is 2.41. The van der Waals surface area contributed by atoms with Crippen molar-refractivity contribution in [1.29, 1.82) is 0 Å². The van der Waals surface area contributed by atoms with Crippen LogP contribution in [0.1, 0.15) is 5.56 Å². The summed E-state index contributed by atoms with van der Waals surface area (Å²) in [5.74, 6) is 0. The van der Waals surface area contributed by atoms with Gasteiger partial charge in [-0.25, -0.2) is 4.68 Å². The number of nitro benzene ring substituents is 1. The smallest absolute Gasteiger partial charge is 0.258 e. The standard InChI is InChI=1S/C9H9N5O2S/c1-6-3-4-8(7(5-6)14(15)16)17-9-10-11-12-13(9)2/h3-5H,1-2H3. The van der Waals surface area contributed by atoms with Crippen molar-refractivity contribution in [3.8, 4) is 0 Å². The Labute approximate surface area is 101 Å². The molecule has 2 rings (SSSR count). The molecule has 0 saturated heterocycles. The van der Waals surface area contributed by atoms with Crippen molar-refractivity contribution in [2.75, 3.05) is 0 Å². The van der Waals surface area contributed by atoms with Gasteiger partial charge in [0.15, 0.2) is 0 Å². The van der Waals surface area contributed by atoms with Crippen LogP contribution in [0.4, 0.5) is 5.69 Å². The summed E-state index contributed by atoms with van der Waals surface area (Å²) in [5, 5.41) is 22.4. The fraction of sp³-hybridized carbons (Fsp3) is 0.222. The first-order chi connectivity index (χ1) is 8.08. The van der Waals surface area contributed by atoms with E-state index in [2.05, 4.69) is 15.5 Å². The van der Waals surface area contributed by atoms with Crippen LogP contribution >= 0.6 is 11.8 Å². The Hall–Kier alpha value is -1.96. The normalized spacial score (nSPS) is 10.5. The zero-order valence-electron chi connectivity index (χ0n) is 9.19. The van der Waals surface area contributed by atoms with Crippen LogP contribution in [0, 0.1) is 17.0 Å². The molecular weight excluding hydrogens is 242 g/mol. The van der Waals surface area contributed by atoms with Gasteiger partial charge in [-0.05, 0) is 40.7 Å². The van der Waals surface area contributed by atoms with Gasteiger partial charge < -0.3 is 0 Å². The van der Waals surface area contributed by atoms with E-state index in [4.69, 9.17) is 0 Å². The monoisotopic (exact) mass is 251 g/mol. The van der Waals surface area contributed by atoms with E-state index in [1.807, 2.05) is 13.0 Å². The van der Waals surface area contributed by atoms with E-state index in [0.717, 1.165) is 5.56 Å². The van der Waals surface area contributed by atoms with Crippen molar-refractivity contribution in [2.45, 2.75) is 17.0 Å². The van der Waals surface area contributed by atoms with Crippen LogP contribution in [-0.4, -0.2) is 25.1 Å². The molecule has 1 heterocycles. The summed E-state index contributed by atoms with van der Waals surface area (Å²) in [6, 6.07) is 5.05. The number of hydrogen-bond donors (Lipinski definition) is 0. The summed E-state index contributed by atoms with van der Waals surface area (Å²) in [6.07, 6.45) is 0. The minimum Gasteiger partial charge on any atom is -0.258 e. The van der Waals surface area contributed by atoms with Crippen molar-refractivity contribution in [1.82, 2.24) is 20.2 Å². The van der Waals surface area contributed by atoms with E-state index in [1.54, 1.807) is 13.1 Å². The Bertz CT molecular complexity index is 568. The molecule has 0 bridgehead atoms. The van der Waals surface area contributed by atoms with Gasteiger partial charge in [-0.15, -0.1) is 5.10 Å². The van der Waals surface area contributed by atoms with Crippen LogP contribution < -0.4 is 0 Å². The highest BCUT2D eigenvalue weighted by atomic mass is 32.2. The van der Waals surface area contributed by atoms with Gasteiger partial charge in [0.1, 0.15) is 0 Å². The Balaban J connectivity index is 2.39. The fourth-order valence-electron chi connectivity index (χ4n) is 1.26. The van der Waals surface area contributed by atoms with Gasteiger partial charge >= 0.3 is 0 Å². The first-order valence-corrected chi connectivity index (χ1v) is 5.55. The van der Waals surface area contributed by atoms with Gasteiger partial charge in [0.25, 0.3) is 5.69 Å². The largest absolute Gasteiger partial charge is 0.283 e. The first kappa shape index (κ1) is 11.5. The molecule has 0 spiro atoms. The predicted octanol–water partition coefficient (Wildman–Crippen LogP) is 1.58. The Morgan fingerprint density at radius 2 is 2.24 bits per heavy atom. The number of aromatic nitrogens is 4. The molecule has 0 aliphatic rings. The lowest BCUT2D eigenvalue weighted by Gasteiger charge is -2.02. The van der Waals surface area contributed by atoms with Gasteiger partial charge in [-0.1, -0.05) is 6.07 Å². The number of nitrogens with zero attached hydrogens (tertiary/aromatic N) is 5. The fourth-order valence-corrected chi connectivity index (χ4v) is 2.08. The number of hydrogen-bond acceptors (Lipinski definition) is 6. The molecular formula is C9H9N5O2S. The summed E-state index contributed by atoms with van der Waals surface area (Å²) >= 11 is 1.17. The molecule has 0 aliphatic carbocycles. The molecule has 0 unspecified atom stereocenters. The molecule has 0 saturated carbocycles. The summed E-state index contributed by atoms with van der Waals surface area (Å²) < 4.78 is 1.47. The van der Waals surface area contributed by atoms with Gasteiger partial charge in [-0.3, -0.25) is 10.1 Å². The molecule has 1 aromatic carbocycles. The maximum atomic E-state index is 10.9. The third-order valence-corrected chi connectivity index (χ3v) is 3.19. The molecule has 0 atom stereocenters. The summed E-state index contributed by atoms with van der Waals surface area (Å²) in [4.78, 5) is 11.0. The molecule has 0 N–H and O–H groups in total. The quantitative estimate of drug-likeness (QED) is 0.608. The molecule has 0 radical (unpaired) electrons. The summed E-state index contributed by atoms with van der Waals surface area (Å²) in [6.45, 7) is 1.81. The van der Waals surface area contributed by atoms with Crippen molar-refractivity contribution >= 4 is 17.4 Å². The molecule has 1 aromatic heterocycles. The van der Waals surface area contributed by atoms with Crippen molar-refractivity contribution in [3.05, 3.63) is 33.9 Å². The number of tetrazole rings is 1. The average Bonchev–Trinajstić information content (AvgIpc) is 2.67. The highest BCUT2D eigenvalue weighted by Crippen LogP contribution is 2.33. The lowest BCUT2D eigenvalue weighted by atomic mass is 10.2. The SMILES string of the molecule is Cc1ccc(Sc2nnnn2C)c([N+](=O)[O-])c1. The van der Waals surface area contributed by atoms with Crippen molar-refractivity contribution in [3.63, 3.8) is 0 Å². The second kappa shape index (κ2) is 4.50. The molecule has 7 nitrogen and oxygen atoms in total. The minimum absolute atomic E-state index is 0.0676. The number of nitro groups is 1.